The molecule has 96 valence electrons. The topological polar surface area (TPSA) is 58.3 Å². The number of nitrogens with zero attached hydrogens (tertiary/aromatic N) is 4. The number of aromatic nitrogens is 2. The normalized spacial score (nSPS) is 10.4. The van der Waals surface area contributed by atoms with Crippen molar-refractivity contribution < 1.29 is 0 Å². The van der Waals surface area contributed by atoms with E-state index in [1.807, 2.05) is 13.1 Å². The molecule has 0 aliphatic carbocycles. The van der Waals surface area contributed by atoms with Gasteiger partial charge in [-0.3, -0.25) is 0 Å². The van der Waals surface area contributed by atoms with Gasteiger partial charge in [-0.15, -0.1) is 0 Å². The van der Waals surface area contributed by atoms with Gasteiger partial charge in [-0.25, -0.2) is 9.97 Å². The smallest absolute Gasteiger partial charge is 0.134 e. The fourth-order valence-electron chi connectivity index (χ4n) is 1.71. The van der Waals surface area contributed by atoms with Gasteiger partial charge in [0, 0.05) is 32.7 Å². The Kier molecular flexibility index (Phi) is 5.69. The van der Waals surface area contributed by atoms with E-state index in [0.717, 1.165) is 37.7 Å². The predicted octanol–water partition coefficient (Wildman–Crippen LogP) is 1.11. The van der Waals surface area contributed by atoms with Gasteiger partial charge >= 0.3 is 0 Å². The van der Waals surface area contributed by atoms with Crippen LogP contribution in [0.25, 0.3) is 0 Å². The quantitative estimate of drug-likeness (QED) is 0.770. The van der Waals surface area contributed by atoms with Crippen molar-refractivity contribution in [1.82, 2.24) is 9.97 Å². The Labute approximate surface area is 104 Å². The molecule has 0 saturated heterocycles. The summed E-state index contributed by atoms with van der Waals surface area (Å²) in [5.41, 5.74) is 5.51. The lowest BCUT2D eigenvalue weighted by atomic mass is 10.3. The van der Waals surface area contributed by atoms with Gasteiger partial charge in [-0.05, 0) is 26.8 Å². The third-order valence-corrected chi connectivity index (χ3v) is 2.81. The third kappa shape index (κ3) is 3.85. The Balaban J connectivity index is 2.77. The van der Waals surface area contributed by atoms with E-state index >= 15 is 0 Å². The van der Waals surface area contributed by atoms with Crippen molar-refractivity contribution in [3.05, 3.63) is 12.4 Å². The van der Waals surface area contributed by atoms with E-state index in [-0.39, 0.29) is 0 Å². The number of nitrogens with two attached hydrogens (primary N) is 1. The van der Waals surface area contributed by atoms with E-state index in [4.69, 9.17) is 5.73 Å². The lowest BCUT2D eigenvalue weighted by Gasteiger charge is -2.22. The van der Waals surface area contributed by atoms with Crippen LogP contribution in [0, 0.1) is 0 Å². The standard InChI is InChI=1S/C12H23N5/c1-4-17(5-2)12-9-11(14-10-15-12)16(3)8-6-7-13/h9-10H,4-8,13H2,1-3H3. The maximum Gasteiger partial charge on any atom is 0.134 e. The minimum atomic E-state index is 0.707. The van der Waals surface area contributed by atoms with Crippen LogP contribution in [0.15, 0.2) is 12.4 Å². The summed E-state index contributed by atoms with van der Waals surface area (Å²) in [5, 5.41) is 0. The Morgan fingerprint density at radius 1 is 1.18 bits per heavy atom. The Hall–Kier alpha value is -1.36. The summed E-state index contributed by atoms with van der Waals surface area (Å²) in [5.74, 6) is 1.94. The molecule has 0 amide bonds. The van der Waals surface area contributed by atoms with E-state index in [0.29, 0.717) is 6.54 Å². The predicted molar refractivity (Wildman–Crippen MR) is 72.5 cm³/mol. The highest BCUT2D eigenvalue weighted by molar-refractivity contribution is 5.49. The van der Waals surface area contributed by atoms with Gasteiger partial charge in [-0.1, -0.05) is 0 Å². The molecule has 0 saturated carbocycles. The molecule has 0 spiro atoms. The van der Waals surface area contributed by atoms with Gasteiger partial charge in [0.25, 0.3) is 0 Å². The van der Waals surface area contributed by atoms with Crippen molar-refractivity contribution in [2.45, 2.75) is 20.3 Å². The van der Waals surface area contributed by atoms with Crippen LogP contribution in [0.1, 0.15) is 20.3 Å². The molecule has 0 atom stereocenters. The molecule has 0 aromatic carbocycles. The van der Waals surface area contributed by atoms with E-state index < -0.39 is 0 Å². The average Bonchev–Trinajstić information content (AvgIpc) is 2.38. The minimum absolute atomic E-state index is 0.707. The summed E-state index contributed by atoms with van der Waals surface area (Å²) in [6.45, 7) is 7.80. The van der Waals surface area contributed by atoms with E-state index in [9.17, 15) is 0 Å². The molecule has 0 radical (unpaired) electrons. The fourth-order valence-corrected chi connectivity index (χ4v) is 1.71. The van der Waals surface area contributed by atoms with Crippen molar-refractivity contribution in [2.75, 3.05) is 43.0 Å². The first-order valence-electron chi connectivity index (χ1n) is 6.21. The van der Waals surface area contributed by atoms with E-state index in [1.165, 1.54) is 0 Å². The van der Waals surface area contributed by atoms with E-state index in [1.54, 1.807) is 6.33 Å². The molecule has 0 aliphatic heterocycles. The van der Waals surface area contributed by atoms with Crippen LogP contribution in [0.3, 0.4) is 0 Å². The van der Waals surface area contributed by atoms with Crippen molar-refractivity contribution in [3.8, 4) is 0 Å². The second-order valence-electron chi connectivity index (χ2n) is 3.97. The van der Waals surface area contributed by atoms with Gasteiger partial charge in [0.1, 0.15) is 18.0 Å². The van der Waals surface area contributed by atoms with Crippen molar-refractivity contribution >= 4 is 11.6 Å². The molecule has 1 aromatic heterocycles. The zero-order valence-electron chi connectivity index (χ0n) is 11.1. The van der Waals surface area contributed by atoms with Crippen LogP contribution in [0.4, 0.5) is 11.6 Å². The first-order valence-corrected chi connectivity index (χ1v) is 6.21. The monoisotopic (exact) mass is 237 g/mol. The largest absolute Gasteiger partial charge is 0.359 e. The molecular formula is C12H23N5. The molecule has 1 heterocycles. The van der Waals surface area contributed by atoms with Crippen LogP contribution in [0.2, 0.25) is 0 Å². The summed E-state index contributed by atoms with van der Waals surface area (Å²) in [6.07, 6.45) is 2.60. The Bertz CT molecular complexity index is 324. The molecule has 0 bridgehead atoms. The average molecular weight is 237 g/mol. The Morgan fingerprint density at radius 2 is 1.82 bits per heavy atom. The highest BCUT2D eigenvalue weighted by Gasteiger charge is 2.07. The summed E-state index contributed by atoms with van der Waals surface area (Å²) in [7, 11) is 2.03. The van der Waals surface area contributed by atoms with Crippen LogP contribution in [-0.4, -0.2) is 43.2 Å². The number of rotatable bonds is 7. The van der Waals surface area contributed by atoms with Gasteiger partial charge in [0.2, 0.25) is 0 Å². The molecule has 5 nitrogen and oxygen atoms in total. The molecule has 1 rings (SSSR count). The first kappa shape index (κ1) is 13.7. The third-order valence-electron chi connectivity index (χ3n) is 2.81. The van der Waals surface area contributed by atoms with E-state index in [2.05, 4.69) is 33.6 Å². The summed E-state index contributed by atoms with van der Waals surface area (Å²) < 4.78 is 0. The van der Waals surface area contributed by atoms with Gasteiger partial charge in [0.15, 0.2) is 0 Å². The van der Waals surface area contributed by atoms with Crippen molar-refractivity contribution in [2.24, 2.45) is 5.73 Å². The lowest BCUT2D eigenvalue weighted by Crippen LogP contribution is -2.25. The zero-order chi connectivity index (χ0) is 12.7. The highest BCUT2D eigenvalue weighted by atomic mass is 15.2. The summed E-state index contributed by atoms with van der Waals surface area (Å²) >= 11 is 0. The minimum Gasteiger partial charge on any atom is -0.359 e. The molecule has 17 heavy (non-hydrogen) atoms. The zero-order valence-corrected chi connectivity index (χ0v) is 11.1. The summed E-state index contributed by atoms with van der Waals surface area (Å²) in [4.78, 5) is 12.9. The SMILES string of the molecule is CCN(CC)c1cc(N(C)CCCN)ncn1. The van der Waals surface area contributed by atoms with Gasteiger partial charge in [-0.2, -0.15) is 0 Å². The fraction of sp³-hybridized carbons (Fsp3) is 0.667. The van der Waals surface area contributed by atoms with Gasteiger partial charge in [0.05, 0.1) is 0 Å². The molecule has 0 aliphatic rings. The van der Waals surface area contributed by atoms with Crippen molar-refractivity contribution in [1.29, 1.82) is 0 Å². The first-order chi connectivity index (χ1) is 8.22. The van der Waals surface area contributed by atoms with Crippen LogP contribution in [0.5, 0.6) is 0 Å². The maximum absolute atomic E-state index is 5.51. The molecule has 0 fully saturated rings. The molecular weight excluding hydrogens is 214 g/mol. The molecule has 2 N–H and O–H groups in total. The van der Waals surface area contributed by atoms with Crippen LogP contribution < -0.4 is 15.5 Å². The lowest BCUT2D eigenvalue weighted by molar-refractivity contribution is 0.781. The van der Waals surface area contributed by atoms with Crippen LogP contribution in [-0.2, 0) is 0 Å². The summed E-state index contributed by atoms with van der Waals surface area (Å²) in [6, 6.07) is 2.03. The molecule has 0 unspecified atom stereocenters. The molecule has 1 aromatic rings. The van der Waals surface area contributed by atoms with Crippen molar-refractivity contribution in [3.63, 3.8) is 0 Å². The second kappa shape index (κ2) is 7.06. The Morgan fingerprint density at radius 3 is 2.41 bits per heavy atom. The number of hydrogen-bond donors (Lipinski definition) is 1. The van der Waals surface area contributed by atoms with Gasteiger partial charge < -0.3 is 15.5 Å². The molecule has 5 heteroatoms. The number of anilines is 2. The second-order valence-corrected chi connectivity index (χ2v) is 3.97. The van der Waals surface area contributed by atoms with Crippen LogP contribution >= 0.6 is 0 Å². The maximum atomic E-state index is 5.51. The highest BCUT2D eigenvalue weighted by Crippen LogP contribution is 2.16. The number of hydrogen-bond acceptors (Lipinski definition) is 5.